The highest BCUT2D eigenvalue weighted by Gasteiger charge is 2.04. The van der Waals surface area contributed by atoms with E-state index >= 15 is 0 Å². The molecule has 0 amide bonds. The summed E-state index contributed by atoms with van der Waals surface area (Å²) in [5.41, 5.74) is 0. The fourth-order valence-corrected chi connectivity index (χ4v) is 1.74. The van der Waals surface area contributed by atoms with Crippen LogP contribution in [0.25, 0.3) is 0 Å². The average Bonchev–Trinajstić information content (AvgIpc) is 2.96. The Labute approximate surface area is 113 Å². The molecule has 0 aromatic carbocycles. The van der Waals surface area contributed by atoms with Gasteiger partial charge in [0.2, 0.25) is 5.95 Å². The molecule has 0 radical (unpaired) electrons. The number of unbranched alkanes of at least 4 members (excludes halogenated alkanes) is 1. The third-order valence-electron chi connectivity index (χ3n) is 2.88. The number of rotatable bonds is 7. The standard InChI is InChI=1S/C14H20N4O/c1-3-4-9-18(2)13-7-8-15-14(17-13)16-11-12-6-5-10-19-12/h5-8,10H,3-4,9,11H2,1-2H3,(H,15,16,17). The number of furan rings is 1. The SMILES string of the molecule is CCCCN(C)c1ccnc(NCc2ccco2)n1. The van der Waals surface area contributed by atoms with E-state index in [-0.39, 0.29) is 0 Å². The summed E-state index contributed by atoms with van der Waals surface area (Å²) in [5.74, 6) is 2.43. The molecule has 0 aliphatic carbocycles. The molecule has 0 saturated carbocycles. The zero-order valence-electron chi connectivity index (χ0n) is 11.5. The maximum absolute atomic E-state index is 5.26. The first-order valence-corrected chi connectivity index (χ1v) is 6.60. The molecule has 0 bridgehead atoms. The fraction of sp³-hybridized carbons (Fsp3) is 0.429. The van der Waals surface area contributed by atoms with Crippen molar-refractivity contribution >= 4 is 11.8 Å². The summed E-state index contributed by atoms with van der Waals surface area (Å²) >= 11 is 0. The lowest BCUT2D eigenvalue weighted by Crippen LogP contribution is -2.20. The Bertz CT molecular complexity index is 484. The van der Waals surface area contributed by atoms with Crippen LogP contribution in [0.15, 0.2) is 35.1 Å². The van der Waals surface area contributed by atoms with Crippen LogP contribution < -0.4 is 10.2 Å². The van der Waals surface area contributed by atoms with Crippen LogP contribution in [0.5, 0.6) is 0 Å². The van der Waals surface area contributed by atoms with Crippen LogP contribution in [0.4, 0.5) is 11.8 Å². The Kier molecular flexibility index (Phi) is 4.78. The number of nitrogens with zero attached hydrogens (tertiary/aromatic N) is 3. The number of hydrogen-bond acceptors (Lipinski definition) is 5. The lowest BCUT2D eigenvalue weighted by Gasteiger charge is -2.18. The smallest absolute Gasteiger partial charge is 0.224 e. The minimum absolute atomic E-state index is 0.592. The van der Waals surface area contributed by atoms with Crippen molar-refractivity contribution in [1.82, 2.24) is 9.97 Å². The molecule has 5 heteroatoms. The van der Waals surface area contributed by atoms with Crippen LogP contribution in [0, 0.1) is 0 Å². The minimum Gasteiger partial charge on any atom is -0.467 e. The molecule has 0 spiro atoms. The van der Waals surface area contributed by atoms with Crippen molar-refractivity contribution in [3.05, 3.63) is 36.4 Å². The molecule has 0 atom stereocenters. The second kappa shape index (κ2) is 6.78. The molecule has 2 aromatic heterocycles. The van der Waals surface area contributed by atoms with Gasteiger partial charge in [-0.25, -0.2) is 4.98 Å². The molecule has 0 saturated heterocycles. The molecule has 0 fully saturated rings. The van der Waals surface area contributed by atoms with Gasteiger partial charge < -0.3 is 14.6 Å². The average molecular weight is 260 g/mol. The maximum atomic E-state index is 5.26. The van der Waals surface area contributed by atoms with E-state index in [2.05, 4.69) is 27.1 Å². The van der Waals surface area contributed by atoms with Gasteiger partial charge in [0, 0.05) is 19.8 Å². The van der Waals surface area contributed by atoms with E-state index in [4.69, 9.17) is 4.42 Å². The lowest BCUT2D eigenvalue weighted by atomic mass is 10.3. The van der Waals surface area contributed by atoms with E-state index in [1.54, 1.807) is 12.5 Å². The van der Waals surface area contributed by atoms with E-state index in [1.165, 1.54) is 6.42 Å². The van der Waals surface area contributed by atoms with Crippen LogP contribution in [0.2, 0.25) is 0 Å². The highest BCUT2D eigenvalue weighted by molar-refractivity contribution is 5.41. The summed E-state index contributed by atoms with van der Waals surface area (Å²) < 4.78 is 5.26. The normalized spacial score (nSPS) is 10.4. The molecule has 2 heterocycles. The minimum atomic E-state index is 0.592. The molecule has 5 nitrogen and oxygen atoms in total. The fourth-order valence-electron chi connectivity index (χ4n) is 1.74. The Morgan fingerprint density at radius 3 is 3.00 bits per heavy atom. The molecular formula is C14H20N4O. The van der Waals surface area contributed by atoms with Crippen molar-refractivity contribution in [3.63, 3.8) is 0 Å². The molecule has 19 heavy (non-hydrogen) atoms. The van der Waals surface area contributed by atoms with Crippen molar-refractivity contribution in [2.75, 3.05) is 23.8 Å². The molecule has 1 N–H and O–H groups in total. The van der Waals surface area contributed by atoms with Crippen molar-refractivity contribution in [2.45, 2.75) is 26.3 Å². The van der Waals surface area contributed by atoms with Gasteiger partial charge in [0.25, 0.3) is 0 Å². The third-order valence-corrected chi connectivity index (χ3v) is 2.88. The first kappa shape index (κ1) is 13.4. The zero-order chi connectivity index (χ0) is 13.5. The predicted octanol–water partition coefficient (Wildman–Crippen LogP) is 2.92. The summed E-state index contributed by atoms with van der Waals surface area (Å²) in [7, 11) is 2.05. The Morgan fingerprint density at radius 2 is 2.26 bits per heavy atom. The summed E-state index contributed by atoms with van der Waals surface area (Å²) in [5, 5.41) is 3.16. The Balaban J connectivity index is 1.94. The van der Waals surface area contributed by atoms with Gasteiger partial charge in [0.05, 0.1) is 12.8 Å². The van der Waals surface area contributed by atoms with E-state index in [1.807, 2.05) is 25.2 Å². The van der Waals surface area contributed by atoms with Gasteiger partial charge in [-0.2, -0.15) is 4.98 Å². The molecule has 2 rings (SSSR count). The zero-order valence-corrected chi connectivity index (χ0v) is 11.5. The van der Waals surface area contributed by atoms with E-state index in [0.29, 0.717) is 12.5 Å². The Hall–Kier alpha value is -2.04. The second-order valence-corrected chi connectivity index (χ2v) is 4.45. The van der Waals surface area contributed by atoms with Crippen molar-refractivity contribution in [2.24, 2.45) is 0 Å². The summed E-state index contributed by atoms with van der Waals surface area (Å²) in [6.45, 7) is 3.78. The largest absolute Gasteiger partial charge is 0.467 e. The third kappa shape index (κ3) is 3.98. The van der Waals surface area contributed by atoms with Gasteiger partial charge in [0.15, 0.2) is 0 Å². The lowest BCUT2D eigenvalue weighted by molar-refractivity contribution is 0.517. The number of anilines is 2. The molecule has 0 aliphatic heterocycles. The summed E-state index contributed by atoms with van der Waals surface area (Å²) in [6.07, 6.45) is 5.77. The molecule has 2 aromatic rings. The van der Waals surface area contributed by atoms with Gasteiger partial charge in [-0.3, -0.25) is 0 Å². The van der Waals surface area contributed by atoms with E-state index < -0.39 is 0 Å². The first-order chi connectivity index (χ1) is 9.29. The van der Waals surface area contributed by atoms with E-state index in [9.17, 15) is 0 Å². The number of hydrogen-bond donors (Lipinski definition) is 1. The molecule has 0 unspecified atom stereocenters. The number of aromatic nitrogens is 2. The van der Waals surface area contributed by atoms with Crippen LogP contribution in [0.3, 0.4) is 0 Å². The van der Waals surface area contributed by atoms with Gasteiger partial charge in [-0.05, 0) is 24.6 Å². The Morgan fingerprint density at radius 1 is 1.37 bits per heavy atom. The van der Waals surface area contributed by atoms with Crippen LogP contribution in [0.1, 0.15) is 25.5 Å². The van der Waals surface area contributed by atoms with Gasteiger partial charge in [0.1, 0.15) is 11.6 Å². The van der Waals surface area contributed by atoms with Gasteiger partial charge >= 0.3 is 0 Å². The topological polar surface area (TPSA) is 54.2 Å². The highest BCUT2D eigenvalue weighted by atomic mass is 16.3. The quantitative estimate of drug-likeness (QED) is 0.829. The van der Waals surface area contributed by atoms with Crippen LogP contribution in [-0.4, -0.2) is 23.6 Å². The maximum Gasteiger partial charge on any atom is 0.224 e. The number of nitrogens with one attached hydrogen (secondary N) is 1. The molecule has 0 aliphatic rings. The second-order valence-electron chi connectivity index (χ2n) is 4.45. The van der Waals surface area contributed by atoms with Crippen molar-refractivity contribution < 1.29 is 4.42 Å². The summed E-state index contributed by atoms with van der Waals surface area (Å²) in [6, 6.07) is 5.71. The molecular weight excluding hydrogens is 240 g/mol. The highest BCUT2D eigenvalue weighted by Crippen LogP contribution is 2.12. The van der Waals surface area contributed by atoms with Gasteiger partial charge in [-0.1, -0.05) is 13.3 Å². The van der Waals surface area contributed by atoms with Crippen molar-refractivity contribution in [3.8, 4) is 0 Å². The first-order valence-electron chi connectivity index (χ1n) is 6.60. The van der Waals surface area contributed by atoms with Gasteiger partial charge in [-0.15, -0.1) is 0 Å². The van der Waals surface area contributed by atoms with E-state index in [0.717, 1.165) is 24.5 Å². The molecule has 102 valence electrons. The predicted molar refractivity (Wildman–Crippen MR) is 76.2 cm³/mol. The van der Waals surface area contributed by atoms with Crippen molar-refractivity contribution in [1.29, 1.82) is 0 Å². The van der Waals surface area contributed by atoms with Crippen LogP contribution >= 0.6 is 0 Å². The van der Waals surface area contributed by atoms with Crippen LogP contribution in [-0.2, 0) is 6.54 Å². The monoisotopic (exact) mass is 260 g/mol. The summed E-state index contributed by atoms with van der Waals surface area (Å²) in [4.78, 5) is 10.8.